The second-order valence-corrected chi connectivity index (χ2v) is 10.6. The van der Waals surface area contributed by atoms with E-state index >= 15 is 0 Å². The highest BCUT2D eigenvalue weighted by molar-refractivity contribution is 5.39. The van der Waals surface area contributed by atoms with Gasteiger partial charge in [0.05, 0.1) is 11.6 Å². The second kappa shape index (κ2) is 11.4. The Balaban J connectivity index is 2.22. The summed E-state index contributed by atoms with van der Waals surface area (Å²) < 4.78 is 0. The Morgan fingerprint density at radius 2 is 1.74 bits per heavy atom. The maximum atomic E-state index is 9.27. The predicted molar refractivity (Wildman–Crippen MR) is 134 cm³/mol. The molecule has 0 atom stereocenters. The van der Waals surface area contributed by atoms with Crippen molar-refractivity contribution in [3.63, 3.8) is 0 Å². The Kier molecular flexibility index (Phi) is 9.17. The van der Waals surface area contributed by atoms with Crippen molar-refractivity contribution >= 4 is 0 Å². The third-order valence-electron chi connectivity index (χ3n) is 6.70. The molecule has 1 saturated carbocycles. The standard InChI is InChI=1S/C29H42N2/c1-8-9-26(20-30)17-23(3)16-24(4)18-28(27-12-10-22(2)11-13-27)19-25(5)31-15-14-29(6,7)21-31/h8-9,17-19,22,27H,1,5,10-16,21H2,2-4,6-7H3/b23-17+,24-18+,26-9+,28-19+. The molecule has 168 valence electrons. The van der Waals surface area contributed by atoms with Gasteiger partial charge in [-0.2, -0.15) is 5.26 Å². The molecule has 2 fully saturated rings. The van der Waals surface area contributed by atoms with Crippen LogP contribution >= 0.6 is 0 Å². The van der Waals surface area contributed by atoms with E-state index in [1.54, 1.807) is 12.2 Å². The number of rotatable bonds is 8. The summed E-state index contributed by atoms with van der Waals surface area (Å²) in [6, 6.07) is 2.23. The van der Waals surface area contributed by atoms with E-state index in [2.05, 4.69) is 70.9 Å². The summed E-state index contributed by atoms with van der Waals surface area (Å²) >= 11 is 0. The van der Waals surface area contributed by atoms with Gasteiger partial charge in [0, 0.05) is 18.8 Å². The Morgan fingerprint density at radius 3 is 2.29 bits per heavy atom. The lowest BCUT2D eigenvalue weighted by Crippen LogP contribution is -2.22. The molecule has 2 nitrogen and oxygen atoms in total. The van der Waals surface area contributed by atoms with Crippen molar-refractivity contribution < 1.29 is 0 Å². The average molecular weight is 419 g/mol. The normalized spacial score (nSPS) is 25.4. The number of nitrogens with zero attached hydrogens (tertiary/aromatic N) is 2. The Hall–Kier alpha value is -2.27. The van der Waals surface area contributed by atoms with Gasteiger partial charge < -0.3 is 4.90 Å². The van der Waals surface area contributed by atoms with Crippen molar-refractivity contribution in [2.45, 2.75) is 73.1 Å². The number of nitriles is 1. The third-order valence-corrected chi connectivity index (χ3v) is 6.70. The maximum absolute atomic E-state index is 9.27. The molecule has 31 heavy (non-hydrogen) atoms. The topological polar surface area (TPSA) is 27.0 Å². The van der Waals surface area contributed by atoms with Gasteiger partial charge in [-0.15, -0.1) is 0 Å². The minimum Gasteiger partial charge on any atom is -0.371 e. The lowest BCUT2D eigenvalue weighted by atomic mass is 9.78. The highest BCUT2D eigenvalue weighted by Gasteiger charge is 2.29. The smallest absolute Gasteiger partial charge is 0.0991 e. The van der Waals surface area contributed by atoms with Crippen LogP contribution in [-0.4, -0.2) is 18.0 Å². The zero-order chi connectivity index (χ0) is 23.0. The Bertz CT molecular complexity index is 817. The number of allylic oxidation sites excluding steroid dienone is 9. The third kappa shape index (κ3) is 8.06. The maximum Gasteiger partial charge on any atom is 0.0991 e. The molecule has 0 aromatic heterocycles. The van der Waals surface area contributed by atoms with Gasteiger partial charge in [-0.05, 0) is 80.6 Å². The van der Waals surface area contributed by atoms with Crippen molar-refractivity contribution in [2.75, 3.05) is 13.1 Å². The van der Waals surface area contributed by atoms with E-state index in [9.17, 15) is 5.26 Å². The van der Waals surface area contributed by atoms with Gasteiger partial charge >= 0.3 is 0 Å². The second-order valence-electron chi connectivity index (χ2n) is 10.6. The highest BCUT2D eigenvalue weighted by atomic mass is 15.2. The van der Waals surface area contributed by atoms with Crippen molar-refractivity contribution in [3.05, 3.63) is 71.5 Å². The molecular weight excluding hydrogens is 376 g/mol. The van der Waals surface area contributed by atoms with E-state index in [1.807, 2.05) is 6.08 Å². The van der Waals surface area contributed by atoms with Crippen molar-refractivity contribution in [1.29, 1.82) is 5.26 Å². The fourth-order valence-corrected chi connectivity index (χ4v) is 4.85. The summed E-state index contributed by atoms with van der Waals surface area (Å²) in [4.78, 5) is 2.46. The van der Waals surface area contributed by atoms with Gasteiger partial charge in [-0.3, -0.25) is 0 Å². The number of hydrogen-bond acceptors (Lipinski definition) is 2. The summed E-state index contributed by atoms with van der Waals surface area (Å²) in [5, 5.41) is 9.27. The Morgan fingerprint density at radius 1 is 1.10 bits per heavy atom. The largest absolute Gasteiger partial charge is 0.371 e. The van der Waals surface area contributed by atoms with Crippen LogP contribution in [0.3, 0.4) is 0 Å². The molecule has 1 saturated heterocycles. The van der Waals surface area contributed by atoms with Crippen LogP contribution in [0.4, 0.5) is 0 Å². The first-order valence-corrected chi connectivity index (χ1v) is 11.9. The zero-order valence-corrected chi connectivity index (χ0v) is 20.5. The zero-order valence-electron chi connectivity index (χ0n) is 20.5. The molecular formula is C29H42N2. The highest BCUT2D eigenvalue weighted by Crippen LogP contribution is 2.36. The molecule has 0 radical (unpaired) electrons. The summed E-state index contributed by atoms with van der Waals surface area (Å²) in [7, 11) is 0. The molecule has 2 aliphatic rings. The fourth-order valence-electron chi connectivity index (χ4n) is 4.85. The van der Waals surface area contributed by atoms with Gasteiger partial charge in [0.15, 0.2) is 0 Å². The first-order valence-electron chi connectivity index (χ1n) is 11.9. The molecule has 1 aliphatic carbocycles. The van der Waals surface area contributed by atoms with E-state index < -0.39 is 0 Å². The average Bonchev–Trinajstić information content (AvgIpc) is 3.07. The van der Waals surface area contributed by atoms with Crippen molar-refractivity contribution in [1.82, 2.24) is 4.90 Å². The fraction of sp³-hybridized carbons (Fsp3) is 0.552. The van der Waals surface area contributed by atoms with E-state index in [0.717, 1.165) is 31.1 Å². The molecule has 0 aromatic rings. The van der Waals surface area contributed by atoms with Crippen molar-refractivity contribution in [3.8, 4) is 6.07 Å². The Labute approximate surface area is 191 Å². The van der Waals surface area contributed by atoms with Crippen LogP contribution in [-0.2, 0) is 0 Å². The summed E-state index contributed by atoms with van der Waals surface area (Å²) in [5.41, 5.74) is 6.17. The predicted octanol–water partition coefficient (Wildman–Crippen LogP) is 7.90. The first-order chi connectivity index (χ1) is 14.6. The lowest BCUT2D eigenvalue weighted by molar-refractivity contribution is 0.321. The molecule has 0 spiro atoms. The molecule has 2 rings (SSSR count). The van der Waals surface area contributed by atoms with Crippen LogP contribution in [0.5, 0.6) is 0 Å². The van der Waals surface area contributed by atoms with E-state index in [4.69, 9.17) is 0 Å². The molecule has 2 heteroatoms. The SMILES string of the molecule is C=C/C=C(C#N)\C=C(/C)C/C(C)=C/C(=C\C(=C)N1CCC(C)(C)C1)C1CCC(C)CC1. The quantitative estimate of drug-likeness (QED) is 0.296. The van der Waals surface area contributed by atoms with Crippen LogP contribution in [0.25, 0.3) is 0 Å². The molecule has 1 aliphatic heterocycles. The van der Waals surface area contributed by atoms with Crippen LogP contribution in [0, 0.1) is 28.6 Å². The molecule has 0 amide bonds. The monoisotopic (exact) mass is 418 g/mol. The minimum atomic E-state index is 0.377. The molecule has 0 unspecified atom stereocenters. The van der Waals surface area contributed by atoms with E-state index in [1.165, 1.54) is 48.8 Å². The number of likely N-dealkylation sites (tertiary alicyclic amines) is 1. The first kappa shape index (κ1) is 25.0. The van der Waals surface area contributed by atoms with Gasteiger partial charge in [0.1, 0.15) is 0 Å². The molecule has 0 aromatic carbocycles. The van der Waals surface area contributed by atoms with Gasteiger partial charge in [0.25, 0.3) is 0 Å². The van der Waals surface area contributed by atoms with Crippen LogP contribution in [0.15, 0.2) is 71.5 Å². The van der Waals surface area contributed by atoms with Crippen molar-refractivity contribution in [2.24, 2.45) is 17.3 Å². The van der Waals surface area contributed by atoms with Crippen LogP contribution in [0.1, 0.15) is 73.1 Å². The van der Waals surface area contributed by atoms with Gasteiger partial charge in [-0.1, -0.05) is 70.1 Å². The van der Waals surface area contributed by atoms with Crippen LogP contribution in [0.2, 0.25) is 0 Å². The summed E-state index contributed by atoms with van der Waals surface area (Å²) in [5.74, 6) is 1.47. The summed E-state index contributed by atoms with van der Waals surface area (Å²) in [6.07, 6.45) is 17.4. The van der Waals surface area contributed by atoms with Gasteiger partial charge in [-0.25, -0.2) is 0 Å². The molecule has 0 N–H and O–H groups in total. The molecule has 1 heterocycles. The molecule has 0 bridgehead atoms. The minimum absolute atomic E-state index is 0.377. The van der Waals surface area contributed by atoms with E-state index in [-0.39, 0.29) is 0 Å². The summed E-state index contributed by atoms with van der Waals surface area (Å²) in [6.45, 7) is 21.7. The van der Waals surface area contributed by atoms with Crippen LogP contribution < -0.4 is 0 Å². The van der Waals surface area contributed by atoms with E-state index in [0.29, 0.717) is 16.9 Å². The number of hydrogen-bond donors (Lipinski definition) is 0. The van der Waals surface area contributed by atoms with Gasteiger partial charge in [0.2, 0.25) is 0 Å². The lowest BCUT2D eigenvalue weighted by Gasteiger charge is -2.29.